The van der Waals surface area contributed by atoms with Crippen LogP contribution in [0.2, 0.25) is 0 Å². The molecule has 0 saturated heterocycles. The predicted molar refractivity (Wildman–Crippen MR) is 135 cm³/mol. The fourth-order valence-corrected chi connectivity index (χ4v) is 3.15. The van der Waals surface area contributed by atoms with E-state index in [9.17, 15) is 14.4 Å². The zero-order chi connectivity index (χ0) is 26.2. The normalized spacial score (nSPS) is 11.9. The highest BCUT2D eigenvalue weighted by Crippen LogP contribution is 2.28. The van der Waals surface area contributed by atoms with Gasteiger partial charge in [-0.25, -0.2) is 4.79 Å². The zero-order valence-electron chi connectivity index (χ0n) is 21.4. The van der Waals surface area contributed by atoms with Crippen LogP contribution in [0.1, 0.15) is 51.9 Å². The largest absolute Gasteiger partial charge is 0.495 e. The minimum Gasteiger partial charge on any atom is -0.495 e. The van der Waals surface area contributed by atoms with Gasteiger partial charge in [-0.05, 0) is 76.1 Å². The fourth-order valence-electron chi connectivity index (χ4n) is 3.15. The molecule has 0 fully saturated rings. The number of benzene rings is 2. The standard InChI is InChI=1S/C26H35N3O6/c1-8-34-19-12-9-17(10-13-19)23(30)29-22(16(2)3)24(31)27-18-11-14-21(33-7)20(15-18)28-25(32)35-26(4,5)6/h9-16,22H,8H2,1-7H3,(H,27,31)(H,28,32)(H,29,30). The van der Waals surface area contributed by atoms with Crippen LogP contribution in [0, 0.1) is 5.92 Å². The summed E-state index contributed by atoms with van der Waals surface area (Å²) < 4.78 is 16.0. The van der Waals surface area contributed by atoms with Crippen molar-refractivity contribution in [2.24, 2.45) is 5.92 Å². The number of rotatable bonds is 9. The number of carbonyl (C=O) groups excluding carboxylic acids is 3. The third-order valence-electron chi connectivity index (χ3n) is 4.77. The van der Waals surface area contributed by atoms with E-state index in [1.54, 1.807) is 63.2 Å². The molecule has 0 bridgehead atoms. The lowest BCUT2D eigenvalue weighted by Crippen LogP contribution is -2.47. The Hall–Kier alpha value is -3.75. The van der Waals surface area contributed by atoms with Crippen LogP contribution in [-0.2, 0) is 9.53 Å². The van der Waals surface area contributed by atoms with Crippen molar-refractivity contribution in [3.63, 3.8) is 0 Å². The molecule has 2 rings (SSSR count). The summed E-state index contributed by atoms with van der Waals surface area (Å²) in [7, 11) is 1.47. The van der Waals surface area contributed by atoms with Crippen LogP contribution < -0.4 is 25.4 Å². The quantitative estimate of drug-likeness (QED) is 0.468. The zero-order valence-corrected chi connectivity index (χ0v) is 21.4. The Kier molecular flexibility index (Phi) is 9.50. The highest BCUT2D eigenvalue weighted by Gasteiger charge is 2.25. The Bertz CT molecular complexity index is 1030. The second kappa shape index (κ2) is 12.1. The van der Waals surface area contributed by atoms with E-state index in [-0.39, 0.29) is 11.8 Å². The number of amides is 3. The summed E-state index contributed by atoms with van der Waals surface area (Å²) in [5.41, 5.74) is 0.497. The Morgan fingerprint density at radius 3 is 2.17 bits per heavy atom. The molecule has 0 heterocycles. The number of nitrogens with one attached hydrogen (secondary N) is 3. The van der Waals surface area contributed by atoms with E-state index in [4.69, 9.17) is 14.2 Å². The summed E-state index contributed by atoms with van der Waals surface area (Å²) >= 11 is 0. The predicted octanol–water partition coefficient (Wildman–Crippen LogP) is 4.83. The van der Waals surface area contributed by atoms with Crippen molar-refractivity contribution < 1.29 is 28.6 Å². The van der Waals surface area contributed by atoms with Crippen molar-refractivity contribution in [2.75, 3.05) is 24.4 Å². The number of carbonyl (C=O) groups is 3. The van der Waals surface area contributed by atoms with Crippen molar-refractivity contribution in [1.82, 2.24) is 5.32 Å². The lowest BCUT2D eigenvalue weighted by Gasteiger charge is -2.23. The van der Waals surface area contributed by atoms with Crippen LogP contribution in [0.5, 0.6) is 11.5 Å². The monoisotopic (exact) mass is 485 g/mol. The highest BCUT2D eigenvalue weighted by atomic mass is 16.6. The van der Waals surface area contributed by atoms with Crippen LogP contribution in [0.15, 0.2) is 42.5 Å². The van der Waals surface area contributed by atoms with E-state index in [0.717, 1.165) is 0 Å². The van der Waals surface area contributed by atoms with Gasteiger partial charge in [0.25, 0.3) is 5.91 Å². The Balaban J connectivity index is 2.14. The topological polar surface area (TPSA) is 115 Å². The van der Waals surface area contributed by atoms with Crippen LogP contribution in [0.4, 0.5) is 16.2 Å². The molecule has 2 aromatic rings. The molecule has 0 aliphatic carbocycles. The van der Waals surface area contributed by atoms with Gasteiger partial charge in [0.15, 0.2) is 0 Å². The highest BCUT2D eigenvalue weighted by molar-refractivity contribution is 6.01. The Morgan fingerprint density at radius 1 is 0.971 bits per heavy atom. The third-order valence-corrected chi connectivity index (χ3v) is 4.77. The van der Waals surface area contributed by atoms with E-state index in [1.165, 1.54) is 7.11 Å². The molecule has 35 heavy (non-hydrogen) atoms. The molecule has 0 radical (unpaired) electrons. The molecule has 3 amide bonds. The first-order chi connectivity index (χ1) is 16.4. The van der Waals surface area contributed by atoms with Crippen LogP contribution in [-0.4, -0.2) is 43.3 Å². The second-order valence-electron chi connectivity index (χ2n) is 9.18. The summed E-state index contributed by atoms with van der Waals surface area (Å²) in [6, 6.07) is 10.7. The maximum atomic E-state index is 13.0. The van der Waals surface area contributed by atoms with Crippen molar-refractivity contribution in [3.05, 3.63) is 48.0 Å². The maximum absolute atomic E-state index is 13.0. The number of hydrogen-bond acceptors (Lipinski definition) is 6. The van der Waals surface area contributed by atoms with Gasteiger partial charge in [-0.2, -0.15) is 0 Å². The van der Waals surface area contributed by atoms with Crippen LogP contribution in [0.25, 0.3) is 0 Å². The molecule has 0 aliphatic heterocycles. The molecule has 0 saturated carbocycles. The average molecular weight is 486 g/mol. The Morgan fingerprint density at radius 2 is 1.63 bits per heavy atom. The molecule has 1 unspecified atom stereocenters. The smallest absolute Gasteiger partial charge is 0.412 e. The number of ether oxygens (including phenoxy) is 3. The van der Waals surface area contributed by atoms with E-state index in [0.29, 0.717) is 35.0 Å². The lowest BCUT2D eigenvalue weighted by atomic mass is 10.0. The van der Waals surface area contributed by atoms with Gasteiger partial charge in [0.1, 0.15) is 23.1 Å². The Labute approximate surface area is 206 Å². The summed E-state index contributed by atoms with van der Waals surface area (Å²) in [4.78, 5) is 38.0. The molecule has 9 heteroatoms. The van der Waals surface area contributed by atoms with Crippen LogP contribution in [0.3, 0.4) is 0 Å². The van der Waals surface area contributed by atoms with Crippen molar-refractivity contribution in [3.8, 4) is 11.5 Å². The molecule has 0 aromatic heterocycles. The second-order valence-corrected chi connectivity index (χ2v) is 9.18. The third kappa shape index (κ3) is 8.51. The molecule has 3 N–H and O–H groups in total. The van der Waals surface area contributed by atoms with Gasteiger partial charge in [-0.3, -0.25) is 14.9 Å². The summed E-state index contributed by atoms with van der Waals surface area (Å²) in [6.45, 7) is 11.4. The van der Waals surface area contributed by atoms with E-state index in [1.807, 2.05) is 20.8 Å². The lowest BCUT2D eigenvalue weighted by molar-refractivity contribution is -0.118. The van der Waals surface area contributed by atoms with Gasteiger partial charge >= 0.3 is 6.09 Å². The molecule has 2 aromatic carbocycles. The van der Waals surface area contributed by atoms with E-state index >= 15 is 0 Å². The van der Waals surface area contributed by atoms with Gasteiger partial charge in [0.2, 0.25) is 5.91 Å². The van der Waals surface area contributed by atoms with Crippen molar-refractivity contribution >= 4 is 29.3 Å². The minimum absolute atomic E-state index is 0.181. The summed E-state index contributed by atoms with van der Waals surface area (Å²) in [5.74, 6) is 0.117. The van der Waals surface area contributed by atoms with Gasteiger partial charge < -0.3 is 24.8 Å². The maximum Gasteiger partial charge on any atom is 0.412 e. The SMILES string of the molecule is CCOc1ccc(C(=O)NC(C(=O)Nc2ccc(OC)c(NC(=O)OC(C)(C)C)c2)C(C)C)cc1. The summed E-state index contributed by atoms with van der Waals surface area (Å²) in [6.07, 6.45) is -0.651. The van der Waals surface area contributed by atoms with E-state index in [2.05, 4.69) is 16.0 Å². The molecule has 0 spiro atoms. The first-order valence-corrected chi connectivity index (χ1v) is 11.5. The first kappa shape index (κ1) is 27.5. The molecule has 0 aliphatic rings. The van der Waals surface area contributed by atoms with Crippen LogP contribution >= 0.6 is 0 Å². The van der Waals surface area contributed by atoms with Gasteiger partial charge in [-0.15, -0.1) is 0 Å². The van der Waals surface area contributed by atoms with Crippen molar-refractivity contribution in [2.45, 2.75) is 53.2 Å². The average Bonchev–Trinajstić information content (AvgIpc) is 2.76. The molecule has 190 valence electrons. The number of methoxy groups -OCH3 is 1. The number of hydrogen-bond donors (Lipinski definition) is 3. The fraction of sp³-hybridized carbons (Fsp3) is 0.423. The first-order valence-electron chi connectivity index (χ1n) is 11.5. The van der Waals surface area contributed by atoms with E-state index < -0.39 is 23.6 Å². The van der Waals surface area contributed by atoms with Gasteiger partial charge in [-0.1, -0.05) is 13.8 Å². The van der Waals surface area contributed by atoms with Gasteiger partial charge in [0, 0.05) is 11.3 Å². The molecular formula is C26H35N3O6. The molecule has 9 nitrogen and oxygen atoms in total. The molecule has 1 atom stereocenters. The minimum atomic E-state index is -0.793. The molecular weight excluding hydrogens is 450 g/mol. The number of anilines is 2. The van der Waals surface area contributed by atoms with Crippen molar-refractivity contribution in [1.29, 1.82) is 0 Å². The summed E-state index contributed by atoms with van der Waals surface area (Å²) in [5, 5.41) is 8.22. The van der Waals surface area contributed by atoms with Gasteiger partial charge in [0.05, 0.1) is 19.4 Å².